The maximum Gasteiger partial charge on any atom is 0.344 e. The fourth-order valence-electron chi connectivity index (χ4n) is 1.90. The van der Waals surface area contributed by atoms with Gasteiger partial charge in [-0.15, -0.1) is 11.3 Å². The molecule has 0 amide bonds. The van der Waals surface area contributed by atoms with Crippen molar-refractivity contribution < 1.29 is 19.1 Å². The molecule has 130 valence electrons. The van der Waals surface area contributed by atoms with Crippen LogP contribution in [0.5, 0.6) is 5.75 Å². The van der Waals surface area contributed by atoms with Gasteiger partial charge in [0.15, 0.2) is 24.9 Å². The van der Waals surface area contributed by atoms with Gasteiger partial charge in [-0.05, 0) is 31.5 Å². The average Bonchev–Trinajstić information content (AvgIpc) is 3.00. The number of thiazole rings is 1. The molecule has 0 unspecified atom stereocenters. The van der Waals surface area contributed by atoms with Gasteiger partial charge in [-0.25, -0.2) is 9.78 Å². The number of halogens is 1. The minimum atomic E-state index is -1.04. The van der Waals surface area contributed by atoms with Gasteiger partial charge in [-0.2, -0.15) is 5.26 Å². The van der Waals surface area contributed by atoms with Gasteiger partial charge < -0.3 is 9.47 Å². The van der Waals surface area contributed by atoms with Crippen LogP contribution in [-0.2, 0) is 14.3 Å². The number of Topliss-reactive ketones (excluding diaryl/α,β-unsaturated/α-hetero) is 1. The van der Waals surface area contributed by atoms with Gasteiger partial charge in [0, 0.05) is 11.1 Å². The zero-order valence-electron chi connectivity index (χ0n) is 13.6. The highest BCUT2D eigenvalue weighted by Crippen LogP contribution is 2.25. The normalized spacial score (nSPS) is 11.4. The minimum Gasteiger partial charge on any atom is -0.480 e. The van der Waals surface area contributed by atoms with Crippen molar-refractivity contribution >= 4 is 34.7 Å². The van der Waals surface area contributed by atoms with Crippen LogP contribution in [0.4, 0.5) is 0 Å². The first-order chi connectivity index (χ1) is 11.9. The van der Waals surface area contributed by atoms with Crippen LogP contribution < -0.4 is 4.74 Å². The standard InChI is InChI=1S/C17H15ClN2O4S/c1-10-3-4-13(18)15(5-10)23-8-16(22)24-7-14(21)12(6-19)17-20-11(2)9-25-17/h3-5,9,12H,7-8H2,1-2H3/t12-/m0/s1. The number of hydrogen-bond acceptors (Lipinski definition) is 7. The summed E-state index contributed by atoms with van der Waals surface area (Å²) >= 11 is 7.19. The maximum atomic E-state index is 12.1. The number of rotatable bonds is 7. The third kappa shape index (κ3) is 5.28. The number of carbonyl (C=O) groups excluding carboxylic acids is 2. The van der Waals surface area contributed by atoms with Crippen molar-refractivity contribution in [3.8, 4) is 11.8 Å². The monoisotopic (exact) mass is 378 g/mol. The topological polar surface area (TPSA) is 89.3 Å². The highest BCUT2D eigenvalue weighted by atomic mass is 35.5. The van der Waals surface area contributed by atoms with Crippen LogP contribution in [0.25, 0.3) is 0 Å². The highest BCUT2D eigenvalue weighted by Gasteiger charge is 2.24. The Labute approximate surface area is 154 Å². The first-order valence-corrected chi connectivity index (χ1v) is 8.55. The lowest BCUT2D eigenvalue weighted by molar-refractivity contribution is -0.150. The molecule has 0 fully saturated rings. The molecule has 0 bridgehead atoms. The van der Waals surface area contributed by atoms with Crippen molar-refractivity contribution in [2.24, 2.45) is 0 Å². The van der Waals surface area contributed by atoms with E-state index in [-0.39, 0.29) is 6.61 Å². The van der Waals surface area contributed by atoms with E-state index in [4.69, 9.17) is 26.3 Å². The Bertz CT molecular complexity index is 828. The van der Waals surface area contributed by atoms with Crippen molar-refractivity contribution in [2.75, 3.05) is 13.2 Å². The largest absolute Gasteiger partial charge is 0.480 e. The van der Waals surface area contributed by atoms with Crippen molar-refractivity contribution in [3.63, 3.8) is 0 Å². The van der Waals surface area contributed by atoms with E-state index in [1.54, 1.807) is 24.4 Å². The number of nitrogens with zero attached hydrogens (tertiary/aromatic N) is 2. The number of carbonyl (C=O) groups is 2. The lowest BCUT2D eigenvalue weighted by Gasteiger charge is -2.09. The van der Waals surface area contributed by atoms with Crippen molar-refractivity contribution in [1.82, 2.24) is 4.98 Å². The fourth-order valence-corrected chi connectivity index (χ4v) is 2.94. The van der Waals surface area contributed by atoms with Gasteiger partial charge in [0.1, 0.15) is 10.8 Å². The number of ether oxygens (including phenoxy) is 2. The molecule has 1 aromatic carbocycles. The number of aromatic nitrogens is 1. The lowest BCUT2D eigenvalue weighted by Crippen LogP contribution is -2.22. The summed E-state index contributed by atoms with van der Waals surface area (Å²) in [5.74, 6) is -1.94. The van der Waals surface area contributed by atoms with E-state index in [9.17, 15) is 9.59 Å². The van der Waals surface area contributed by atoms with E-state index in [0.29, 0.717) is 15.8 Å². The van der Waals surface area contributed by atoms with E-state index in [1.807, 2.05) is 19.1 Å². The summed E-state index contributed by atoms with van der Waals surface area (Å²) in [7, 11) is 0. The molecule has 0 aliphatic heterocycles. The number of ketones is 1. The van der Waals surface area contributed by atoms with Crippen LogP contribution in [-0.4, -0.2) is 30.0 Å². The molecule has 6 nitrogen and oxygen atoms in total. The van der Waals surface area contributed by atoms with Crippen LogP contribution >= 0.6 is 22.9 Å². The van der Waals surface area contributed by atoms with Gasteiger partial charge in [0.2, 0.25) is 0 Å². The zero-order chi connectivity index (χ0) is 18.4. The summed E-state index contributed by atoms with van der Waals surface area (Å²) in [6.45, 7) is 2.74. The van der Waals surface area contributed by atoms with E-state index in [2.05, 4.69) is 4.98 Å². The number of benzene rings is 1. The highest BCUT2D eigenvalue weighted by molar-refractivity contribution is 7.09. The Morgan fingerprint density at radius 1 is 1.36 bits per heavy atom. The second-order valence-corrected chi connectivity index (χ2v) is 6.54. The smallest absolute Gasteiger partial charge is 0.344 e. The molecule has 2 rings (SSSR count). The van der Waals surface area contributed by atoms with Crippen molar-refractivity contribution in [2.45, 2.75) is 19.8 Å². The molecule has 0 radical (unpaired) electrons. The molecular weight excluding hydrogens is 364 g/mol. The molecular formula is C17H15ClN2O4S. The Balaban J connectivity index is 1.85. The number of hydrogen-bond donors (Lipinski definition) is 0. The van der Waals surface area contributed by atoms with Crippen LogP contribution in [0, 0.1) is 25.2 Å². The second kappa shape index (κ2) is 8.60. The van der Waals surface area contributed by atoms with Crippen LogP contribution in [0.15, 0.2) is 23.6 Å². The van der Waals surface area contributed by atoms with Crippen LogP contribution in [0.3, 0.4) is 0 Å². The summed E-state index contributed by atoms with van der Waals surface area (Å²) in [4.78, 5) is 27.9. The third-order valence-electron chi connectivity index (χ3n) is 3.14. The molecule has 1 atom stereocenters. The molecule has 1 aromatic heterocycles. The molecule has 0 saturated heterocycles. The Kier molecular flexibility index (Phi) is 6.51. The SMILES string of the molecule is Cc1ccc(Cl)c(OCC(=O)OCC(=O)[C@H](C#N)c2nc(C)cs2)c1. The summed E-state index contributed by atoms with van der Waals surface area (Å²) in [6.07, 6.45) is 0. The molecule has 0 aliphatic rings. The molecule has 1 heterocycles. The zero-order valence-corrected chi connectivity index (χ0v) is 15.2. The van der Waals surface area contributed by atoms with E-state index >= 15 is 0 Å². The predicted octanol–water partition coefficient (Wildman–Crippen LogP) is 3.21. The molecule has 2 aromatic rings. The van der Waals surface area contributed by atoms with Crippen molar-refractivity contribution in [3.05, 3.63) is 44.9 Å². The average molecular weight is 379 g/mol. The van der Waals surface area contributed by atoms with E-state index < -0.39 is 24.3 Å². The van der Waals surface area contributed by atoms with Crippen LogP contribution in [0.1, 0.15) is 22.2 Å². The molecule has 0 aliphatic carbocycles. The summed E-state index contributed by atoms with van der Waals surface area (Å²) < 4.78 is 10.2. The van der Waals surface area contributed by atoms with Crippen LogP contribution in [0.2, 0.25) is 5.02 Å². The molecule has 0 saturated carbocycles. The number of aryl methyl sites for hydroxylation is 2. The third-order valence-corrected chi connectivity index (χ3v) is 4.48. The van der Waals surface area contributed by atoms with E-state index in [1.165, 1.54) is 11.3 Å². The van der Waals surface area contributed by atoms with Gasteiger partial charge in [0.05, 0.1) is 11.1 Å². The minimum absolute atomic E-state index is 0.359. The maximum absolute atomic E-state index is 12.1. The number of nitriles is 1. The molecule has 25 heavy (non-hydrogen) atoms. The number of esters is 1. The van der Waals surface area contributed by atoms with Gasteiger partial charge in [-0.1, -0.05) is 17.7 Å². The van der Waals surface area contributed by atoms with Crippen molar-refractivity contribution in [1.29, 1.82) is 5.26 Å². The summed E-state index contributed by atoms with van der Waals surface area (Å²) in [6, 6.07) is 7.05. The van der Waals surface area contributed by atoms with E-state index in [0.717, 1.165) is 11.3 Å². The van der Waals surface area contributed by atoms with Gasteiger partial charge in [-0.3, -0.25) is 4.79 Å². The summed E-state index contributed by atoms with van der Waals surface area (Å²) in [5, 5.41) is 11.7. The first-order valence-electron chi connectivity index (χ1n) is 7.29. The van der Waals surface area contributed by atoms with Gasteiger partial charge >= 0.3 is 5.97 Å². The summed E-state index contributed by atoms with van der Waals surface area (Å²) in [5.41, 5.74) is 1.66. The Morgan fingerprint density at radius 2 is 2.12 bits per heavy atom. The molecule has 8 heteroatoms. The fraction of sp³-hybridized carbons (Fsp3) is 0.294. The predicted molar refractivity (Wildman–Crippen MR) is 92.9 cm³/mol. The second-order valence-electron chi connectivity index (χ2n) is 5.24. The first kappa shape index (κ1) is 18.9. The quantitative estimate of drug-likeness (QED) is 0.687. The van der Waals surface area contributed by atoms with Gasteiger partial charge in [0.25, 0.3) is 0 Å². The molecule has 0 spiro atoms. The molecule has 0 N–H and O–H groups in total. The lowest BCUT2D eigenvalue weighted by atomic mass is 10.1. The Morgan fingerprint density at radius 3 is 2.76 bits per heavy atom. The Hall–Kier alpha value is -2.43.